The summed E-state index contributed by atoms with van der Waals surface area (Å²) in [7, 11) is -1.11. The van der Waals surface area contributed by atoms with Crippen molar-refractivity contribution < 1.29 is 4.21 Å². The molecule has 1 unspecified atom stereocenters. The van der Waals surface area contributed by atoms with Gasteiger partial charge < -0.3 is 0 Å². The fraction of sp³-hybridized carbons (Fsp3) is 0.111. The summed E-state index contributed by atoms with van der Waals surface area (Å²) in [5, 5.41) is 0.983. The third kappa shape index (κ3) is 2.83. The average molecular weight is 235 g/mol. The zero-order chi connectivity index (χ0) is 9.84. The quantitative estimate of drug-likeness (QED) is 0.734. The SMILES string of the molecule is C=CCS(=O)c1ccc(Cl)cc1Cl. The highest BCUT2D eigenvalue weighted by atomic mass is 35.5. The Hall–Kier alpha value is -0.310. The number of benzene rings is 1. The minimum atomic E-state index is -1.11. The van der Waals surface area contributed by atoms with E-state index in [2.05, 4.69) is 6.58 Å². The van der Waals surface area contributed by atoms with E-state index in [9.17, 15) is 4.21 Å². The van der Waals surface area contributed by atoms with E-state index >= 15 is 0 Å². The van der Waals surface area contributed by atoms with Crippen molar-refractivity contribution in [3.8, 4) is 0 Å². The standard InChI is InChI=1S/C9H8Cl2OS/c1-2-5-13(12)9-4-3-7(10)6-8(9)11/h2-4,6H,1,5H2. The van der Waals surface area contributed by atoms with Crippen molar-refractivity contribution in [2.75, 3.05) is 5.75 Å². The van der Waals surface area contributed by atoms with Gasteiger partial charge in [0.05, 0.1) is 20.7 Å². The first-order chi connectivity index (χ1) is 6.15. The zero-order valence-corrected chi connectivity index (χ0v) is 9.12. The Labute approximate surface area is 89.8 Å². The molecule has 1 aromatic carbocycles. The highest BCUT2D eigenvalue weighted by molar-refractivity contribution is 7.85. The summed E-state index contributed by atoms with van der Waals surface area (Å²) < 4.78 is 11.5. The van der Waals surface area contributed by atoms with Gasteiger partial charge in [-0.1, -0.05) is 29.3 Å². The van der Waals surface area contributed by atoms with Crippen LogP contribution in [0, 0.1) is 0 Å². The van der Waals surface area contributed by atoms with Gasteiger partial charge in [-0.25, -0.2) is 0 Å². The molecule has 0 bridgehead atoms. The van der Waals surface area contributed by atoms with Crippen LogP contribution in [0.3, 0.4) is 0 Å². The molecule has 4 heteroatoms. The van der Waals surface area contributed by atoms with E-state index in [1.807, 2.05) is 0 Å². The molecule has 0 N–H and O–H groups in total. The Bertz CT molecular complexity index is 349. The molecule has 1 nitrogen and oxygen atoms in total. The molecule has 0 radical (unpaired) electrons. The Balaban J connectivity index is 3.01. The van der Waals surface area contributed by atoms with Gasteiger partial charge in [-0.2, -0.15) is 0 Å². The van der Waals surface area contributed by atoms with Crippen molar-refractivity contribution in [2.24, 2.45) is 0 Å². The zero-order valence-electron chi connectivity index (χ0n) is 6.80. The van der Waals surface area contributed by atoms with Crippen LogP contribution >= 0.6 is 23.2 Å². The van der Waals surface area contributed by atoms with E-state index in [0.717, 1.165) is 0 Å². The lowest BCUT2D eigenvalue weighted by Crippen LogP contribution is -1.95. The normalized spacial score (nSPS) is 12.5. The third-order valence-corrected chi connectivity index (χ3v) is 3.45. The largest absolute Gasteiger partial charge is 0.254 e. The first kappa shape index (κ1) is 10.8. The van der Waals surface area contributed by atoms with Gasteiger partial charge >= 0.3 is 0 Å². The number of rotatable bonds is 3. The topological polar surface area (TPSA) is 17.1 Å². The van der Waals surface area contributed by atoms with Crippen molar-refractivity contribution in [1.82, 2.24) is 0 Å². The average Bonchev–Trinajstić information content (AvgIpc) is 2.04. The Morgan fingerprint density at radius 2 is 2.15 bits per heavy atom. The summed E-state index contributed by atoms with van der Waals surface area (Å²) in [4.78, 5) is 0.603. The van der Waals surface area contributed by atoms with E-state index in [-0.39, 0.29) is 0 Å². The summed E-state index contributed by atoms with van der Waals surface area (Å²) in [6.07, 6.45) is 1.60. The third-order valence-electron chi connectivity index (χ3n) is 1.41. The molecule has 70 valence electrons. The maximum atomic E-state index is 11.5. The van der Waals surface area contributed by atoms with Gasteiger partial charge in [0.1, 0.15) is 0 Å². The van der Waals surface area contributed by atoms with Crippen LogP contribution in [-0.2, 0) is 10.8 Å². The van der Waals surface area contributed by atoms with Crippen LogP contribution in [-0.4, -0.2) is 9.96 Å². The van der Waals surface area contributed by atoms with Crippen molar-refractivity contribution >= 4 is 34.0 Å². The summed E-state index contributed by atoms with van der Waals surface area (Å²) in [5.74, 6) is 0.404. The van der Waals surface area contributed by atoms with Gasteiger partial charge in [0, 0.05) is 10.8 Å². The van der Waals surface area contributed by atoms with Crippen LogP contribution in [0.2, 0.25) is 10.0 Å². The summed E-state index contributed by atoms with van der Waals surface area (Å²) in [6, 6.07) is 4.92. The van der Waals surface area contributed by atoms with Crippen LogP contribution in [0.4, 0.5) is 0 Å². The smallest absolute Gasteiger partial charge is 0.0583 e. The van der Waals surface area contributed by atoms with Crippen molar-refractivity contribution in [1.29, 1.82) is 0 Å². The molecule has 0 saturated heterocycles. The first-order valence-corrected chi connectivity index (χ1v) is 5.67. The molecule has 0 aromatic heterocycles. The Kier molecular flexibility index (Phi) is 3.97. The lowest BCUT2D eigenvalue weighted by molar-refractivity contribution is 0.685. The van der Waals surface area contributed by atoms with Gasteiger partial charge in [-0.3, -0.25) is 4.21 Å². The van der Waals surface area contributed by atoms with E-state index in [1.165, 1.54) is 0 Å². The number of halogens is 2. The van der Waals surface area contributed by atoms with Crippen LogP contribution in [0.5, 0.6) is 0 Å². The van der Waals surface area contributed by atoms with Crippen LogP contribution in [0.25, 0.3) is 0 Å². The molecule has 0 spiro atoms. The fourth-order valence-electron chi connectivity index (χ4n) is 0.857. The molecule has 1 aromatic rings. The molecule has 0 saturated carbocycles. The lowest BCUT2D eigenvalue weighted by atomic mass is 10.4. The minimum Gasteiger partial charge on any atom is -0.254 e. The van der Waals surface area contributed by atoms with E-state index in [4.69, 9.17) is 23.2 Å². The van der Waals surface area contributed by atoms with Crippen molar-refractivity contribution in [3.63, 3.8) is 0 Å². The van der Waals surface area contributed by atoms with Gasteiger partial charge in [-0.15, -0.1) is 6.58 Å². The Morgan fingerprint density at radius 1 is 1.46 bits per heavy atom. The lowest BCUT2D eigenvalue weighted by Gasteiger charge is -2.01. The summed E-state index contributed by atoms with van der Waals surface area (Å²) >= 11 is 11.5. The number of hydrogen-bond acceptors (Lipinski definition) is 1. The molecular formula is C9H8Cl2OS. The molecule has 1 rings (SSSR count). The monoisotopic (exact) mass is 234 g/mol. The molecule has 0 heterocycles. The number of hydrogen-bond donors (Lipinski definition) is 0. The summed E-state index contributed by atoms with van der Waals surface area (Å²) in [6.45, 7) is 3.51. The highest BCUT2D eigenvalue weighted by Gasteiger charge is 2.06. The van der Waals surface area contributed by atoms with Crippen LogP contribution in [0.1, 0.15) is 0 Å². The predicted molar refractivity (Wildman–Crippen MR) is 57.9 cm³/mol. The molecule has 1 atom stereocenters. The minimum absolute atomic E-state index is 0.404. The molecule has 0 aliphatic carbocycles. The molecule has 0 aliphatic rings. The van der Waals surface area contributed by atoms with Crippen molar-refractivity contribution in [2.45, 2.75) is 4.90 Å². The van der Waals surface area contributed by atoms with Gasteiger partial charge in [-0.05, 0) is 18.2 Å². The second-order valence-electron chi connectivity index (χ2n) is 2.38. The Morgan fingerprint density at radius 3 is 2.69 bits per heavy atom. The first-order valence-electron chi connectivity index (χ1n) is 3.59. The predicted octanol–water partition coefficient (Wildman–Crippen LogP) is 3.29. The fourth-order valence-corrected chi connectivity index (χ4v) is 2.41. The molecular weight excluding hydrogens is 227 g/mol. The van der Waals surface area contributed by atoms with Gasteiger partial charge in [0.25, 0.3) is 0 Å². The van der Waals surface area contributed by atoms with Gasteiger partial charge in [0.2, 0.25) is 0 Å². The second-order valence-corrected chi connectivity index (χ2v) is 4.68. The van der Waals surface area contributed by atoms with Crippen molar-refractivity contribution in [3.05, 3.63) is 40.9 Å². The van der Waals surface area contributed by atoms with Crippen LogP contribution < -0.4 is 0 Å². The van der Waals surface area contributed by atoms with Crippen LogP contribution in [0.15, 0.2) is 35.7 Å². The summed E-state index contributed by atoms with van der Waals surface area (Å²) in [5.41, 5.74) is 0. The van der Waals surface area contributed by atoms with E-state index in [0.29, 0.717) is 20.7 Å². The second kappa shape index (κ2) is 4.80. The molecule has 0 aliphatic heterocycles. The molecule has 0 amide bonds. The molecule has 13 heavy (non-hydrogen) atoms. The molecule has 0 fully saturated rings. The maximum absolute atomic E-state index is 11.5. The highest BCUT2D eigenvalue weighted by Crippen LogP contribution is 2.23. The van der Waals surface area contributed by atoms with E-state index in [1.54, 1.807) is 24.3 Å². The van der Waals surface area contributed by atoms with Gasteiger partial charge in [0.15, 0.2) is 0 Å². The van der Waals surface area contributed by atoms with E-state index < -0.39 is 10.8 Å². The maximum Gasteiger partial charge on any atom is 0.0583 e.